The molecule has 4 aliphatic rings. The summed E-state index contributed by atoms with van der Waals surface area (Å²) >= 11 is 0. The first-order valence-electron chi connectivity index (χ1n) is 15.8. The summed E-state index contributed by atoms with van der Waals surface area (Å²) in [6.07, 6.45) is 7.52. The highest BCUT2D eigenvalue weighted by Gasteiger charge is 2.41. The number of carbonyl (C=O) groups excluding carboxylic acids is 1. The summed E-state index contributed by atoms with van der Waals surface area (Å²) in [5.41, 5.74) is 1.51. The number of hydrogen-bond acceptors (Lipinski definition) is 4. The highest BCUT2D eigenvalue weighted by Crippen LogP contribution is 2.47. The molecule has 230 valence electrons. The minimum atomic E-state index is -4.35. The number of halogens is 3. The van der Waals surface area contributed by atoms with Crippen LogP contribution >= 0.6 is 0 Å². The van der Waals surface area contributed by atoms with E-state index in [-0.39, 0.29) is 17.2 Å². The molecule has 1 aromatic carbocycles. The van der Waals surface area contributed by atoms with E-state index in [1.807, 2.05) is 0 Å². The van der Waals surface area contributed by atoms with E-state index < -0.39 is 17.3 Å². The predicted octanol–water partition coefficient (Wildman–Crippen LogP) is 5.95. The van der Waals surface area contributed by atoms with E-state index in [2.05, 4.69) is 28.2 Å². The second kappa shape index (κ2) is 11.6. The molecule has 0 spiro atoms. The monoisotopic (exact) mass is 587 g/mol. The van der Waals surface area contributed by atoms with Crippen LogP contribution in [0.4, 0.5) is 13.2 Å². The lowest BCUT2D eigenvalue weighted by atomic mass is 9.68. The van der Waals surface area contributed by atoms with Gasteiger partial charge in [0.2, 0.25) is 5.91 Å². The minimum Gasteiger partial charge on any atom is -0.388 e. The Labute approximate surface area is 246 Å². The number of benzene rings is 1. The van der Waals surface area contributed by atoms with Crippen molar-refractivity contribution in [3.63, 3.8) is 0 Å². The van der Waals surface area contributed by atoms with Gasteiger partial charge in [0.25, 0.3) is 0 Å². The van der Waals surface area contributed by atoms with E-state index in [4.69, 9.17) is 4.74 Å². The van der Waals surface area contributed by atoms with E-state index in [1.165, 1.54) is 12.1 Å². The third-order valence-corrected chi connectivity index (χ3v) is 10.8. The van der Waals surface area contributed by atoms with Gasteiger partial charge < -0.3 is 25.0 Å². The van der Waals surface area contributed by atoms with Gasteiger partial charge in [0, 0.05) is 42.9 Å². The predicted molar refractivity (Wildman–Crippen MR) is 156 cm³/mol. The Kier molecular flexibility index (Phi) is 8.22. The average Bonchev–Trinajstić information content (AvgIpc) is 3.57. The van der Waals surface area contributed by atoms with E-state index >= 15 is 0 Å². The Balaban J connectivity index is 1.11. The Bertz CT molecular complexity index is 1310. The number of nitrogens with zero attached hydrogens (tertiary/aromatic N) is 1. The molecule has 0 radical (unpaired) electrons. The molecule has 9 heteroatoms. The molecule has 3 heterocycles. The van der Waals surface area contributed by atoms with Crippen molar-refractivity contribution in [2.45, 2.75) is 82.4 Å². The molecule has 3 fully saturated rings. The van der Waals surface area contributed by atoms with Gasteiger partial charge in [-0.1, -0.05) is 25.8 Å². The molecule has 6 rings (SSSR count). The third kappa shape index (κ3) is 6.15. The summed E-state index contributed by atoms with van der Waals surface area (Å²) in [5.74, 6) is 0.942. The van der Waals surface area contributed by atoms with Crippen molar-refractivity contribution in [2.24, 2.45) is 17.3 Å². The maximum Gasteiger partial charge on any atom is 0.416 e. The first-order valence-corrected chi connectivity index (χ1v) is 15.8. The van der Waals surface area contributed by atoms with Gasteiger partial charge >= 0.3 is 6.18 Å². The number of aliphatic hydroxyl groups is 1. The van der Waals surface area contributed by atoms with Gasteiger partial charge in [-0.25, -0.2) is 0 Å². The molecular formula is C33H44F3N3O3. The molecule has 0 unspecified atom stereocenters. The van der Waals surface area contributed by atoms with Crippen LogP contribution in [-0.4, -0.2) is 65.9 Å². The van der Waals surface area contributed by atoms with E-state index in [1.54, 1.807) is 12.1 Å². The first-order chi connectivity index (χ1) is 20.0. The highest BCUT2D eigenvalue weighted by atomic mass is 19.4. The molecule has 0 bridgehead atoms. The van der Waals surface area contributed by atoms with Crippen LogP contribution in [0.2, 0.25) is 0 Å². The lowest BCUT2D eigenvalue weighted by molar-refractivity contribution is -0.137. The number of H-pyrrole nitrogens is 1. The van der Waals surface area contributed by atoms with Crippen molar-refractivity contribution in [2.75, 3.05) is 39.4 Å². The number of likely N-dealkylation sites (tertiary alicyclic amines) is 1. The van der Waals surface area contributed by atoms with Gasteiger partial charge in [-0.05, 0) is 111 Å². The summed E-state index contributed by atoms with van der Waals surface area (Å²) < 4.78 is 46.2. The number of carbonyl (C=O) groups is 1. The largest absolute Gasteiger partial charge is 0.416 e. The fourth-order valence-corrected chi connectivity index (χ4v) is 8.16. The minimum absolute atomic E-state index is 0.104. The number of aromatic amines is 1. The van der Waals surface area contributed by atoms with Crippen molar-refractivity contribution in [1.29, 1.82) is 0 Å². The van der Waals surface area contributed by atoms with Gasteiger partial charge in [-0.2, -0.15) is 13.2 Å². The number of nitrogens with one attached hydrogen (secondary N) is 2. The molecule has 1 aromatic heterocycles. The molecule has 6 nitrogen and oxygen atoms in total. The Morgan fingerprint density at radius 2 is 1.98 bits per heavy atom. The van der Waals surface area contributed by atoms with Crippen molar-refractivity contribution in [3.8, 4) is 0 Å². The smallest absolute Gasteiger partial charge is 0.388 e. The van der Waals surface area contributed by atoms with Crippen LogP contribution in [0.1, 0.15) is 81.0 Å². The van der Waals surface area contributed by atoms with E-state index in [9.17, 15) is 23.1 Å². The number of aromatic nitrogens is 1. The van der Waals surface area contributed by atoms with Crippen LogP contribution in [0.15, 0.2) is 30.4 Å². The molecule has 3 N–H and O–H groups in total. The number of fused-ring (bicyclic) bond motifs is 4. The number of ether oxygens (including phenoxy) is 1. The second-order valence-corrected chi connectivity index (χ2v) is 13.5. The average molecular weight is 588 g/mol. The third-order valence-electron chi connectivity index (χ3n) is 10.8. The summed E-state index contributed by atoms with van der Waals surface area (Å²) in [4.78, 5) is 18.6. The van der Waals surface area contributed by atoms with E-state index in [0.29, 0.717) is 37.0 Å². The normalized spacial score (nSPS) is 27.7. The lowest BCUT2D eigenvalue weighted by Crippen LogP contribution is -2.46. The van der Waals surface area contributed by atoms with Crippen LogP contribution in [0.25, 0.3) is 10.9 Å². The standard InChI is InChI=1S/C33H44F3N3O3/c1-22-26-20-39(14-7-23(26)18-28-30(22)25-19-24(33(34,35)36)4-5-27(25)38-28)15-11-31(12-16-42-17-13-31)10-6-29(40)37-21-32(41)8-2-3-9-32/h4-6,10,19,22-23,26,38,41H,2-3,7-9,11-18,20-21H2,1H3,(H,37,40)/b10-6+/t22-,23-,26-/m1/s1. The van der Waals surface area contributed by atoms with Crippen LogP contribution in [0, 0.1) is 17.3 Å². The number of allylic oxidation sites excluding steroid dienone is 1. The zero-order chi connectivity index (χ0) is 29.5. The summed E-state index contributed by atoms with van der Waals surface area (Å²) in [6, 6.07) is 4.08. The molecule has 1 amide bonds. The van der Waals surface area contributed by atoms with Crippen molar-refractivity contribution >= 4 is 16.8 Å². The molecular weight excluding hydrogens is 543 g/mol. The maximum absolute atomic E-state index is 13.5. The van der Waals surface area contributed by atoms with E-state index in [0.717, 1.165) is 94.2 Å². The first kappa shape index (κ1) is 29.7. The van der Waals surface area contributed by atoms with Crippen LogP contribution in [0.5, 0.6) is 0 Å². The zero-order valence-corrected chi connectivity index (χ0v) is 24.6. The Hall–Kier alpha value is -2.36. The molecule has 2 aliphatic heterocycles. The topological polar surface area (TPSA) is 77.6 Å². The van der Waals surface area contributed by atoms with Gasteiger partial charge in [0.15, 0.2) is 0 Å². The SMILES string of the molecule is C[C@H]1c2c([nH]c3ccc(C(F)(F)F)cc23)C[C@H]2CCN(CCC3(/C=C/C(=O)NCC4(O)CCCC4)CCOCC3)C[C@@H]21. The van der Waals surface area contributed by atoms with Gasteiger partial charge in [-0.3, -0.25) is 4.79 Å². The number of hydrogen-bond donors (Lipinski definition) is 3. The van der Waals surface area contributed by atoms with Crippen LogP contribution in [-0.2, 0) is 22.1 Å². The van der Waals surface area contributed by atoms with Gasteiger partial charge in [-0.15, -0.1) is 0 Å². The van der Waals surface area contributed by atoms with Crippen molar-refractivity contribution in [1.82, 2.24) is 15.2 Å². The number of rotatable bonds is 7. The number of piperidine rings is 1. The number of amides is 1. The number of alkyl halides is 3. The van der Waals surface area contributed by atoms with Crippen LogP contribution in [0.3, 0.4) is 0 Å². The molecule has 2 aliphatic carbocycles. The summed E-state index contributed by atoms with van der Waals surface area (Å²) in [5, 5.41) is 14.2. The van der Waals surface area contributed by atoms with Gasteiger partial charge in [0.1, 0.15) is 0 Å². The molecule has 2 aromatic rings. The highest BCUT2D eigenvalue weighted by molar-refractivity contribution is 5.87. The molecule has 3 atom stereocenters. The Morgan fingerprint density at radius 3 is 2.71 bits per heavy atom. The van der Waals surface area contributed by atoms with Crippen LogP contribution < -0.4 is 5.32 Å². The van der Waals surface area contributed by atoms with Crippen molar-refractivity contribution < 1.29 is 27.8 Å². The quantitative estimate of drug-likeness (QED) is 0.350. The fraction of sp³-hybridized carbons (Fsp3) is 0.667. The van der Waals surface area contributed by atoms with Crippen molar-refractivity contribution in [3.05, 3.63) is 47.2 Å². The maximum atomic E-state index is 13.5. The van der Waals surface area contributed by atoms with Gasteiger partial charge in [0.05, 0.1) is 11.2 Å². The fourth-order valence-electron chi connectivity index (χ4n) is 8.16. The lowest BCUT2D eigenvalue weighted by Gasteiger charge is -2.45. The molecule has 1 saturated carbocycles. The summed E-state index contributed by atoms with van der Waals surface area (Å²) in [6.45, 7) is 6.71. The summed E-state index contributed by atoms with van der Waals surface area (Å²) in [7, 11) is 0. The Morgan fingerprint density at radius 1 is 1.21 bits per heavy atom. The second-order valence-electron chi connectivity index (χ2n) is 13.5. The molecule has 42 heavy (non-hydrogen) atoms. The molecule has 2 saturated heterocycles. The zero-order valence-electron chi connectivity index (χ0n) is 24.6.